The molecule has 0 aliphatic carbocycles. The second-order valence-corrected chi connectivity index (χ2v) is 18.4. The lowest BCUT2D eigenvalue weighted by molar-refractivity contribution is -0.150. The van der Waals surface area contributed by atoms with Gasteiger partial charge in [-0.3, -0.25) is 41.8 Å². The van der Waals surface area contributed by atoms with Crippen molar-refractivity contribution in [3.05, 3.63) is 29.3 Å². The molecule has 0 radical (unpaired) electrons. The number of alkyl halides is 1. The number of halogens is 1. The number of nitrogens with two attached hydrogens (primary N) is 2. The van der Waals surface area contributed by atoms with Gasteiger partial charge < -0.3 is 35.7 Å². The lowest BCUT2D eigenvalue weighted by atomic mass is 9.98. The maximum absolute atomic E-state index is 16.3. The molecule has 27 heteroatoms. The fourth-order valence-corrected chi connectivity index (χ4v) is 9.41. The van der Waals surface area contributed by atoms with Gasteiger partial charge in [0.1, 0.15) is 48.3 Å². The highest BCUT2D eigenvalue weighted by Gasteiger charge is 2.55. The number of rotatable bonds is 5. The minimum atomic E-state index is -5.19. The van der Waals surface area contributed by atoms with E-state index in [-0.39, 0.29) is 34.1 Å². The van der Waals surface area contributed by atoms with E-state index < -0.39 is 99.9 Å². The van der Waals surface area contributed by atoms with Crippen LogP contribution >= 0.6 is 26.0 Å². The quantitative estimate of drug-likeness (QED) is 0.106. The molecular formula is C26H33FN10O13P2S. The standard InChI is InChI=1S/C26H33FN10O13P2S/c1-26(2,3)24(40)44-9-53-52(43)46-5-11-16(12(27)22(48-11)36-7-32-13-18(28)30-6-31-19(13)36)49-51(41,42)45-4-10-15(38)17(50-52)23(47-10)37-8-33-14-20(37)34-25(29)35-21(14)39/h6-8,10-12,15-17,22-23,38H,4-5,9H2,1-3H3,(H,41,42)(H2,28,30,31)(H3,29,34,35,39). The number of aromatic amines is 1. The van der Waals surface area contributed by atoms with Crippen LogP contribution in [0.1, 0.15) is 33.2 Å². The summed E-state index contributed by atoms with van der Waals surface area (Å²) in [4.78, 5) is 58.3. The Balaban J connectivity index is 1.24. The molecule has 7 rings (SSSR count). The number of hydrogen-bond acceptors (Lipinski definition) is 20. The van der Waals surface area contributed by atoms with Crippen molar-refractivity contribution in [2.45, 2.75) is 69.9 Å². The van der Waals surface area contributed by atoms with Crippen molar-refractivity contribution in [3.63, 3.8) is 0 Å². The molecule has 3 saturated heterocycles. The molecule has 3 fully saturated rings. The summed E-state index contributed by atoms with van der Waals surface area (Å²) in [6.07, 6.45) is -10.3. The number of anilines is 2. The first-order valence-corrected chi connectivity index (χ1v) is 20.3. The summed E-state index contributed by atoms with van der Waals surface area (Å²) in [5.41, 5.74) is 9.86. The van der Waals surface area contributed by atoms with Crippen LogP contribution in [0.5, 0.6) is 0 Å². The Hall–Kier alpha value is -3.61. The van der Waals surface area contributed by atoms with Crippen molar-refractivity contribution in [3.8, 4) is 0 Å². The first-order chi connectivity index (χ1) is 24.9. The summed E-state index contributed by atoms with van der Waals surface area (Å²) in [6.45, 7) is -1.53. The highest BCUT2D eigenvalue weighted by molar-refractivity contribution is 8.55. The molecule has 4 aromatic heterocycles. The van der Waals surface area contributed by atoms with Crippen molar-refractivity contribution in [2.75, 3.05) is 30.6 Å². The van der Waals surface area contributed by atoms with Gasteiger partial charge in [0.25, 0.3) is 5.56 Å². The maximum Gasteiger partial charge on any atom is 0.472 e. The number of esters is 1. The van der Waals surface area contributed by atoms with Crippen molar-refractivity contribution in [2.24, 2.45) is 5.41 Å². The van der Waals surface area contributed by atoms with Crippen LogP contribution in [0.15, 0.2) is 23.8 Å². The largest absolute Gasteiger partial charge is 0.472 e. The lowest BCUT2D eigenvalue weighted by Gasteiger charge is -2.28. The number of aliphatic hydroxyl groups excluding tert-OH is 1. The topological polar surface area (TPSA) is 315 Å². The highest BCUT2D eigenvalue weighted by Crippen LogP contribution is 2.64. The summed E-state index contributed by atoms with van der Waals surface area (Å²) in [7, 11) is -5.19. The van der Waals surface area contributed by atoms with Crippen LogP contribution in [-0.4, -0.2) is 111 Å². The average molecular weight is 807 g/mol. The fraction of sp³-hybridized carbons (Fsp3) is 0.577. The van der Waals surface area contributed by atoms with Crippen LogP contribution in [0.4, 0.5) is 16.2 Å². The number of nitrogens with zero attached hydrogens (tertiary/aromatic N) is 7. The van der Waals surface area contributed by atoms with Gasteiger partial charge in [0, 0.05) is 11.4 Å². The molecule has 3 aliphatic rings. The first-order valence-electron chi connectivity index (χ1n) is 15.6. The Morgan fingerprint density at radius 1 is 1.02 bits per heavy atom. The molecule has 7 N–H and O–H groups in total. The molecule has 7 heterocycles. The monoisotopic (exact) mass is 806 g/mol. The van der Waals surface area contributed by atoms with Crippen molar-refractivity contribution in [1.82, 2.24) is 39.0 Å². The number of aliphatic hydroxyl groups is 1. The third kappa shape index (κ3) is 7.31. The fourth-order valence-electron chi connectivity index (χ4n) is 5.68. The Kier molecular flexibility index (Phi) is 9.89. The van der Waals surface area contributed by atoms with Gasteiger partial charge in [-0.15, -0.1) is 0 Å². The Labute approximate surface area is 300 Å². The molecule has 10 atom stereocenters. The molecular weight excluding hydrogens is 773 g/mol. The van der Waals surface area contributed by atoms with Crippen LogP contribution in [-0.2, 0) is 46.2 Å². The van der Waals surface area contributed by atoms with Gasteiger partial charge in [-0.1, -0.05) is 0 Å². The van der Waals surface area contributed by atoms with Crippen LogP contribution in [0, 0.1) is 5.41 Å². The third-order valence-electron chi connectivity index (χ3n) is 8.28. The van der Waals surface area contributed by atoms with Gasteiger partial charge in [0.2, 0.25) is 5.95 Å². The summed E-state index contributed by atoms with van der Waals surface area (Å²) >= 11 is 0.399. The first kappa shape index (κ1) is 37.7. The molecule has 23 nitrogen and oxygen atoms in total. The number of H-pyrrole nitrogens is 1. The van der Waals surface area contributed by atoms with Crippen molar-refractivity contribution in [1.29, 1.82) is 0 Å². The zero-order valence-corrected chi connectivity index (χ0v) is 30.4. The van der Waals surface area contributed by atoms with Gasteiger partial charge in [-0.25, -0.2) is 33.5 Å². The molecule has 10 unspecified atom stereocenters. The second kappa shape index (κ2) is 13.9. The van der Waals surface area contributed by atoms with E-state index in [1.165, 1.54) is 6.33 Å². The zero-order valence-electron chi connectivity index (χ0n) is 27.8. The number of carbonyl (C=O) groups excluding carboxylic acids is 1. The van der Waals surface area contributed by atoms with E-state index in [1.807, 2.05) is 0 Å². The van der Waals surface area contributed by atoms with E-state index in [9.17, 15) is 28.7 Å². The van der Waals surface area contributed by atoms with E-state index in [2.05, 4.69) is 29.9 Å². The third-order valence-corrected chi connectivity index (χ3v) is 12.6. The number of carbonyl (C=O) groups is 1. The number of nitrogen functional groups attached to an aromatic ring is 2. The minimum Gasteiger partial charge on any atom is -0.454 e. The molecule has 2 bridgehead atoms. The van der Waals surface area contributed by atoms with E-state index in [0.717, 1.165) is 21.8 Å². The van der Waals surface area contributed by atoms with E-state index in [0.29, 0.717) is 11.4 Å². The van der Waals surface area contributed by atoms with Gasteiger partial charge in [0.05, 0.1) is 31.3 Å². The molecule has 4 aromatic rings. The van der Waals surface area contributed by atoms with Gasteiger partial charge in [0.15, 0.2) is 41.3 Å². The minimum absolute atomic E-state index is 0.00749. The molecule has 3 aliphatic heterocycles. The number of phosphoric ester groups is 1. The molecule has 0 aromatic carbocycles. The number of hydrogen-bond donors (Lipinski definition) is 5. The van der Waals surface area contributed by atoms with E-state index >= 15 is 4.39 Å². The molecule has 0 amide bonds. The number of aromatic nitrogens is 8. The highest BCUT2D eigenvalue weighted by atomic mass is 32.7. The normalized spacial score (nSPS) is 34.0. The summed E-state index contributed by atoms with van der Waals surface area (Å²) < 4.78 is 85.8. The Morgan fingerprint density at radius 3 is 2.43 bits per heavy atom. The Morgan fingerprint density at radius 2 is 1.70 bits per heavy atom. The van der Waals surface area contributed by atoms with E-state index in [4.69, 9.17) is 43.8 Å². The van der Waals surface area contributed by atoms with Gasteiger partial charge in [-0.05, 0) is 20.8 Å². The van der Waals surface area contributed by atoms with Crippen LogP contribution in [0.25, 0.3) is 22.3 Å². The summed E-state index contributed by atoms with van der Waals surface area (Å²) in [5.74, 6) is -1.54. The number of ether oxygens (including phenoxy) is 3. The summed E-state index contributed by atoms with van der Waals surface area (Å²) in [5, 5.41) is 11.4. The van der Waals surface area contributed by atoms with Crippen LogP contribution in [0.3, 0.4) is 0 Å². The average Bonchev–Trinajstić information content (AvgIpc) is 3.84. The van der Waals surface area contributed by atoms with Gasteiger partial charge >= 0.3 is 20.6 Å². The number of imidazole rings is 2. The van der Waals surface area contributed by atoms with Crippen molar-refractivity contribution >= 4 is 66.1 Å². The SMILES string of the molecule is CC(C)(C)C(=O)OCSP1(=O)OCC2OC(n3cnc4c(N)ncnc43)C(F)C2OP(=O)(O)OCC2OC(n3cnc4c(=O)[nH]c(N)nc43)C(O1)C2O. The lowest BCUT2D eigenvalue weighted by Crippen LogP contribution is -2.35. The van der Waals surface area contributed by atoms with Crippen LogP contribution < -0.4 is 17.0 Å². The predicted octanol–water partition coefficient (Wildman–Crippen LogP) is 0.923. The molecule has 0 saturated carbocycles. The molecule has 288 valence electrons. The maximum atomic E-state index is 16.3. The predicted molar refractivity (Wildman–Crippen MR) is 178 cm³/mol. The van der Waals surface area contributed by atoms with E-state index in [1.54, 1.807) is 20.8 Å². The zero-order chi connectivity index (χ0) is 38.0. The molecule has 0 spiro atoms. The molecule has 53 heavy (non-hydrogen) atoms. The second-order valence-electron chi connectivity index (χ2n) is 13.0. The van der Waals surface area contributed by atoms with Crippen molar-refractivity contribution < 1.29 is 60.6 Å². The Bertz CT molecular complexity index is 2200. The number of phosphoric acid groups is 1. The smallest absolute Gasteiger partial charge is 0.454 e. The van der Waals surface area contributed by atoms with Gasteiger partial charge in [-0.2, -0.15) is 4.98 Å². The summed E-state index contributed by atoms with van der Waals surface area (Å²) in [6, 6.07) is 0. The van der Waals surface area contributed by atoms with Crippen LogP contribution in [0.2, 0.25) is 0 Å². The number of nitrogens with one attached hydrogen (secondary N) is 1. The number of fused-ring (bicyclic) bond motifs is 5.